The molecule has 0 aromatic heterocycles. The van der Waals surface area contributed by atoms with Gasteiger partial charge in [-0.25, -0.2) is 0 Å². The lowest BCUT2D eigenvalue weighted by Crippen LogP contribution is -2.50. The van der Waals surface area contributed by atoms with E-state index in [0.29, 0.717) is 18.6 Å². The number of hydrogen-bond acceptors (Lipinski definition) is 3. The molecule has 0 aromatic carbocycles. The van der Waals surface area contributed by atoms with Crippen molar-refractivity contribution < 1.29 is 4.79 Å². The van der Waals surface area contributed by atoms with Gasteiger partial charge in [0.2, 0.25) is 5.91 Å². The zero-order valence-electron chi connectivity index (χ0n) is 11.4. The molecule has 0 saturated heterocycles. The van der Waals surface area contributed by atoms with E-state index < -0.39 is 0 Å². The first-order valence-corrected chi connectivity index (χ1v) is 6.90. The second-order valence-corrected chi connectivity index (χ2v) is 4.96. The molecule has 1 aliphatic carbocycles. The van der Waals surface area contributed by atoms with E-state index in [1.54, 1.807) is 0 Å². The molecular weight excluding hydrogens is 214 g/mol. The number of amides is 1. The fraction of sp³-hybridized carbons (Fsp3) is 0.923. The summed E-state index contributed by atoms with van der Waals surface area (Å²) in [4.78, 5) is 14.4. The number of carbonyl (C=O) groups excluding carboxylic acids is 1. The number of carbonyl (C=O) groups is 1. The van der Waals surface area contributed by atoms with Gasteiger partial charge in [-0.15, -0.1) is 0 Å². The van der Waals surface area contributed by atoms with E-state index in [4.69, 9.17) is 5.73 Å². The third-order valence-electron chi connectivity index (χ3n) is 3.61. The highest BCUT2D eigenvalue weighted by Gasteiger charge is 2.34. The van der Waals surface area contributed by atoms with Crippen LogP contribution in [-0.4, -0.2) is 42.0 Å². The van der Waals surface area contributed by atoms with E-state index in [0.717, 1.165) is 19.4 Å². The van der Waals surface area contributed by atoms with Crippen LogP contribution in [0, 0.1) is 0 Å². The lowest BCUT2D eigenvalue weighted by molar-refractivity contribution is -0.126. The average molecular weight is 241 g/mol. The Morgan fingerprint density at radius 3 is 2.41 bits per heavy atom. The van der Waals surface area contributed by atoms with Gasteiger partial charge in [0.15, 0.2) is 0 Å². The van der Waals surface area contributed by atoms with Crippen molar-refractivity contribution in [3.63, 3.8) is 0 Å². The van der Waals surface area contributed by atoms with Crippen LogP contribution in [0.3, 0.4) is 0 Å². The van der Waals surface area contributed by atoms with Gasteiger partial charge in [-0.05, 0) is 32.6 Å². The number of nitrogens with one attached hydrogen (secondary N) is 1. The van der Waals surface area contributed by atoms with Gasteiger partial charge >= 0.3 is 0 Å². The minimum absolute atomic E-state index is 0.0494. The molecule has 0 spiro atoms. The molecule has 1 atom stereocenters. The molecule has 4 nitrogen and oxygen atoms in total. The zero-order valence-corrected chi connectivity index (χ0v) is 11.4. The number of nitrogens with zero attached hydrogens (tertiary/aromatic N) is 1. The first kappa shape index (κ1) is 14.5. The maximum absolute atomic E-state index is 12.1. The third kappa shape index (κ3) is 4.28. The van der Waals surface area contributed by atoms with Crippen LogP contribution in [-0.2, 0) is 4.79 Å². The van der Waals surface area contributed by atoms with E-state index in [2.05, 4.69) is 24.1 Å². The molecule has 100 valence electrons. The molecule has 0 bridgehead atoms. The maximum atomic E-state index is 12.1. The van der Waals surface area contributed by atoms with Crippen molar-refractivity contribution in [3.8, 4) is 0 Å². The first-order valence-electron chi connectivity index (χ1n) is 6.90. The van der Waals surface area contributed by atoms with E-state index in [1.807, 2.05) is 6.92 Å². The molecule has 0 heterocycles. The number of rotatable bonds is 8. The molecule has 1 rings (SSSR count). The topological polar surface area (TPSA) is 58.4 Å². The normalized spacial score (nSPS) is 17.5. The molecule has 4 heteroatoms. The fourth-order valence-corrected chi connectivity index (χ4v) is 2.21. The number of nitrogens with two attached hydrogens (primary N) is 1. The molecule has 17 heavy (non-hydrogen) atoms. The Hall–Kier alpha value is -0.610. The summed E-state index contributed by atoms with van der Waals surface area (Å²) in [6, 6.07) is 0.844. The second kappa shape index (κ2) is 6.97. The predicted molar refractivity (Wildman–Crippen MR) is 70.8 cm³/mol. The summed E-state index contributed by atoms with van der Waals surface area (Å²) in [5.41, 5.74) is 5.61. The molecule has 1 amide bonds. The van der Waals surface area contributed by atoms with E-state index >= 15 is 0 Å². The molecule has 0 aromatic rings. The summed E-state index contributed by atoms with van der Waals surface area (Å²) in [6.07, 6.45) is 4.41. The summed E-state index contributed by atoms with van der Waals surface area (Å²) < 4.78 is 0. The van der Waals surface area contributed by atoms with Gasteiger partial charge in [-0.2, -0.15) is 0 Å². The van der Waals surface area contributed by atoms with Gasteiger partial charge < -0.3 is 11.1 Å². The summed E-state index contributed by atoms with van der Waals surface area (Å²) in [6.45, 7) is 7.66. The molecule has 3 N–H and O–H groups in total. The van der Waals surface area contributed by atoms with Crippen molar-refractivity contribution in [1.82, 2.24) is 10.2 Å². The Morgan fingerprint density at radius 1 is 1.41 bits per heavy atom. The molecule has 0 aliphatic heterocycles. The average Bonchev–Trinajstić information content (AvgIpc) is 3.15. The summed E-state index contributed by atoms with van der Waals surface area (Å²) in [7, 11) is 0. The van der Waals surface area contributed by atoms with Crippen molar-refractivity contribution in [2.75, 3.05) is 13.1 Å². The van der Waals surface area contributed by atoms with Crippen molar-refractivity contribution >= 4 is 5.91 Å². The van der Waals surface area contributed by atoms with Crippen LogP contribution in [0.1, 0.15) is 46.5 Å². The molecule has 0 radical (unpaired) electrons. The van der Waals surface area contributed by atoms with Crippen molar-refractivity contribution in [3.05, 3.63) is 0 Å². The van der Waals surface area contributed by atoms with Gasteiger partial charge in [0.05, 0.1) is 6.04 Å². The van der Waals surface area contributed by atoms with E-state index in [1.165, 1.54) is 12.8 Å². The van der Waals surface area contributed by atoms with Gasteiger partial charge in [0.1, 0.15) is 0 Å². The quantitative estimate of drug-likeness (QED) is 0.669. The summed E-state index contributed by atoms with van der Waals surface area (Å²) in [5, 5.41) is 3.12. The van der Waals surface area contributed by atoms with Gasteiger partial charge in [0.25, 0.3) is 0 Å². The lowest BCUT2D eigenvalue weighted by atomic mass is 10.1. The van der Waals surface area contributed by atoms with Gasteiger partial charge in [-0.3, -0.25) is 9.69 Å². The van der Waals surface area contributed by atoms with Crippen molar-refractivity contribution in [2.45, 2.75) is 64.6 Å². The minimum atomic E-state index is -0.0494. The first-order chi connectivity index (χ1) is 8.13. The summed E-state index contributed by atoms with van der Waals surface area (Å²) in [5.74, 6) is 0.152. The van der Waals surface area contributed by atoms with Crippen LogP contribution in [0.25, 0.3) is 0 Å². The predicted octanol–water partition coefficient (Wildman–Crippen LogP) is 1.10. The van der Waals surface area contributed by atoms with Crippen molar-refractivity contribution in [1.29, 1.82) is 0 Å². The Morgan fingerprint density at radius 2 is 2.00 bits per heavy atom. The van der Waals surface area contributed by atoms with Crippen molar-refractivity contribution in [2.24, 2.45) is 5.73 Å². The Balaban J connectivity index is 2.47. The maximum Gasteiger partial charge on any atom is 0.237 e. The van der Waals surface area contributed by atoms with Crippen LogP contribution < -0.4 is 11.1 Å². The van der Waals surface area contributed by atoms with Crippen LogP contribution in [0.4, 0.5) is 0 Å². The van der Waals surface area contributed by atoms with E-state index in [9.17, 15) is 4.79 Å². The monoisotopic (exact) mass is 241 g/mol. The molecule has 1 fully saturated rings. The van der Waals surface area contributed by atoms with Crippen LogP contribution in [0.15, 0.2) is 0 Å². The smallest absolute Gasteiger partial charge is 0.237 e. The molecule has 1 saturated carbocycles. The summed E-state index contributed by atoms with van der Waals surface area (Å²) >= 11 is 0. The second-order valence-electron chi connectivity index (χ2n) is 4.96. The molecular formula is C13H27N3O. The number of hydrogen-bond donors (Lipinski definition) is 2. The van der Waals surface area contributed by atoms with Crippen LogP contribution in [0.2, 0.25) is 0 Å². The van der Waals surface area contributed by atoms with E-state index in [-0.39, 0.29) is 11.9 Å². The highest BCUT2D eigenvalue weighted by atomic mass is 16.2. The molecule has 1 unspecified atom stereocenters. The SMILES string of the molecule is CCC(CC)NC(=O)C(C)N(CCN)C1CC1. The fourth-order valence-electron chi connectivity index (χ4n) is 2.21. The Bertz CT molecular complexity index is 237. The molecule has 1 aliphatic rings. The van der Waals surface area contributed by atoms with Gasteiger partial charge in [-0.1, -0.05) is 13.8 Å². The standard InChI is InChI=1S/C13H27N3O/c1-4-11(5-2)15-13(17)10(3)16(9-8-14)12-6-7-12/h10-12H,4-9,14H2,1-3H3,(H,15,17). The third-order valence-corrected chi connectivity index (χ3v) is 3.61. The van der Waals surface area contributed by atoms with Gasteiger partial charge in [0, 0.05) is 25.2 Å². The zero-order chi connectivity index (χ0) is 12.8. The Labute approximate surface area is 105 Å². The lowest BCUT2D eigenvalue weighted by Gasteiger charge is -2.29. The van der Waals surface area contributed by atoms with Crippen LogP contribution >= 0.6 is 0 Å². The largest absolute Gasteiger partial charge is 0.352 e. The minimum Gasteiger partial charge on any atom is -0.352 e. The highest BCUT2D eigenvalue weighted by Crippen LogP contribution is 2.28. The van der Waals surface area contributed by atoms with Crippen LogP contribution in [0.5, 0.6) is 0 Å². The highest BCUT2D eigenvalue weighted by molar-refractivity contribution is 5.81. The Kier molecular flexibility index (Phi) is 5.92.